The molecule has 108 valence electrons. The lowest BCUT2D eigenvalue weighted by Crippen LogP contribution is -2.11. The third kappa shape index (κ3) is 4.19. The lowest BCUT2D eigenvalue weighted by atomic mass is 10.1. The zero-order chi connectivity index (χ0) is 15.1. The Morgan fingerprint density at radius 2 is 2.00 bits per heavy atom. The summed E-state index contributed by atoms with van der Waals surface area (Å²) in [5.41, 5.74) is 1.94. The van der Waals surface area contributed by atoms with Crippen molar-refractivity contribution in [2.24, 2.45) is 0 Å². The van der Waals surface area contributed by atoms with Crippen molar-refractivity contribution >= 4 is 11.6 Å². The molecule has 0 aliphatic carbocycles. The van der Waals surface area contributed by atoms with Crippen molar-refractivity contribution in [3.63, 3.8) is 0 Å². The summed E-state index contributed by atoms with van der Waals surface area (Å²) < 4.78 is 5.36. The van der Waals surface area contributed by atoms with Crippen LogP contribution >= 0.6 is 0 Å². The van der Waals surface area contributed by atoms with Gasteiger partial charge in [-0.3, -0.25) is 4.79 Å². The molecule has 0 spiro atoms. The van der Waals surface area contributed by atoms with Gasteiger partial charge in [-0.25, -0.2) is 0 Å². The van der Waals surface area contributed by atoms with E-state index in [-0.39, 0.29) is 12.5 Å². The van der Waals surface area contributed by atoms with Gasteiger partial charge in [-0.2, -0.15) is 0 Å². The summed E-state index contributed by atoms with van der Waals surface area (Å²) in [4.78, 5) is 12.1. The highest BCUT2D eigenvalue weighted by Gasteiger charge is 2.06. The first-order valence-electron chi connectivity index (χ1n) is 6.58. The molecule has 0 bridgehead atoms. The van der Waals surface area contributed by atoms with E-state index in [1.165, 1.54) is 0 Å². The number of rotatable bonds is 6. The standard InChI is InChI=1S/C17H17NO3/c1-2-10-21-16-8-6-14(7-9-16)17(20)18-15-5-3-4-13(11-15)12-19/h2-9,11,19H,1,10,12H2,(H,18,20). The highest BCUT2D eigenvalue weighted by atomic mass is 16.5. The second kappa shape index (κ2) is 7.26. The van der Waals surface area contributed by atoms with Gasteiger partial charge in [0.25, 0.3) is 5.91 Å². The fourth-order valence-electron chi connectivity index (χ4n) is 1.81. The third-order valence-corrected chi connectivity index (χ3v) is 2.85. The van der Waals surface area contributed by atoms with Crippen molar-refractivity contribution in [3.05, 3.63) is 72.3 Å². The van der Waals surface area contributed by atoms with Gasteiger partial charge in [-0.1, -0.05) is 24.8 Å². The zero-order valence-corrected chi connectivity index (χ0v) is 11.6. The molecule has 2 aromatic carbocycles. The molecule has 4 nitrogen and oxygen atoms in total. The molecule has 0 saturated heterocycles. The van der Waals surface area contributed by atoms with E-state index >= 15 is 0 Å². The van der Waals surface area contributed by atoms with Gasteiger partial charge in [-0.15, -0.1) is 0 Å². The summed E-state index contributed by atoms with van der Waals surface area (Å²) in [6.07, 6.45) is 1.66. The van der Waals surface area contributed by atoms with E-state index in [2.05, 4.69) is 11.9 Å². The number of aliphatic hydroxyl groups excluding tert-OH is 1. The summed E-state index contributed by atoms with van der Waals surface area (Å²) in [7, 11) is 0. The minimum Gasteiger partial charge on any atom is -0.490 e. The molecule has 4 heteroatoms. The highest BCUT2D eigenvalue weighted by Crippen LogP contribution is 2.15. The summed E-state index contributed by atoms with van der Waals surface area (Å²) in [6, 6.07) is 14.0. The van der Waals surface area contributed by atoms with Crippen LogP contribution in [-0.2, 0) is 6.61 Å². The number of nitrogens with one attached hydrogen (secondary N) is 1. The van der Waals surface area contributed by atoms with Crippen LogP contribution in [0.15, 0.2) is 61.2 Å². The number of aliphatic hydroxyl groups is 1. The molecule has 0 aromatic heterocycles. The second-order valence-corrected chi connectivity index (χ2v) is 4.44. The van der Waals surface area contributed by atoms with Crippen LogP contribution in [0.4, 0.5) is 5.69 Å². The Labute approximate surface area is 123 Å². The smallest absolute Gasteiger partial charge is 0.255 e. The van der Waals surface area contributed by atoms with Gasteiger partial charge in [0.2, 0.25) is 0 Å². The maximum absolute atomic E-state index is 12.1. The Balaban J connectivity index is 2.03. The van der Waals surface area contributed by atoms with Crippen molar-refractivity contribution in [1.29, 1.82) is 0 Å². The Hall–Kier alpha value is -2.59. The SMILES string of the molecule is C=CCOc1ccc(C(=O)Nc2cccc(CO)c2)cc1. The van der Waals surface area contributed by atoms with Crippen LogP contribution in [0.2, 0.25) is 0 Å². The van der Waals surface area contributed by atoms with Gasteiger partial charge in [-0.05, 0) is 42.0 Å². The van der Waals surface area contributed by atoms with E-state index in [9.17, 15) is 4.79 Å². The molecule has 0 radical (unpaired) electrons. The van der Waals surface area contributed by atoms with Gasteiger partial charge in [0.05, 0.1) is 6.61 Å². The molecular formula is C17H17NO3. The van der Waals surface area contributed by atoms with Crippen LogP contribution in [0.25, 0.3) is 0 Å². The van der Waals surface area contributed by atoms with Crippen molar-refractivity contribution in [2.45, 2.75) is 6.61 Å². The molecule has 0 aliphatic rings. The Morgan fingerprint density at radius 3 is 2.67 bits per heavy atom. The first-order chi connectivity index (χ1) is 10.2. The number of ether oxygens (including phenoxy) is 1. The predicted molar refractivity (Wildman–Crippen MR) is 82.5 cm³/mol. The van der Waals surface area contributed by atoms with E-state index in [1.54, 1.807) is 54.6 Å². The van der Waals surface area contributed by atoms with Gasteiger partial charge in [0.15, 0.2) is 0 Å². The quantitative estimate of drug-likeness (QED) is 0.801. The zero-order valence-electron chi connectivity index (χ0n) is 11.6. The van der Waals surface area contributed by atoms with E-state index in [4.69, 9.17) is 9.84 Å². The minimum absolute atomic E-state index is 0.0565. The minimum atomic E-state index is -0.208. The van der Waals surface area contributed by atoms with Crippen LogP contribution in [0.3, 0.4) is 0 Å². The van der Waals surface area contributed by atoms with E-state index in [0.717, 1.165) is 5.56 Å². The first kappa shape index (κ1) is 14.8. The van der Waals surface area contributed by atoms with Crippen molar-refractivity contribution in [1.82, 2.24) is 0 Å². The summed E-state index contributed by atoms with van der Waals surface area (Å²) in [5.74, 6) is 0.481. The number of hydrogen-bond acceptors (Lipinski definition) is 3. The van der Waals surface area contributed by atoms with Crippen LogP contribution in [-0.4, -0.2) is 17.6 Å². The second-order valence-electron chi connectivity index (χ2n) is 4.44. The number of hydrogen-bond donors (Lipinski definition) is 2. The van der Waals surface area contributed by atoms with Crippen molar-refractivity contribution in [2.75, 3.05) is 11.9 Å². The summed E-state index contributed by atoms with van der Waals surface area (Å²) >= 11 is 0. The Bertz CT molecular complexity index is 620. The van der Waals surface area contributed by atoms with Crippen molar-refractivity contribution < 1.29 is 14.6 Å². The molecule has 0 unspecified atom stereocenters. The van der Waals surface area contributed by atoms with Crippen LogP contribution in [0.5, 0.6) is 5.75 Å². The molecule has 0 aliphatic heterocycles. The molecule has 2 aromatic rings. The summed E-state index contributed by atoms with van der Waals surface area (Å²) in [5, 5.41) is 11.9. The van der Waals surface area contributed by atoms with Gasteiger partial charge < -0.3 is 15.2 Å². The molecule has 0 heterocycles. The average molecular weight is 283 g/mol. The molecule has 0 atom stereocenters. The van der Waals surface area contributed by atoms with E-state index in [0.29, 0.717) is 23.6 Å². The number of carbonyl (C=O) groups is 1. The Morgan fingerprint density at radius 1 is 1.24 bits per heavy atom. The fraction of sp³-hybridized carbons (Fsp3) is 0.118. The largest absolute Gasteiger partial charge is 0.490 e. The lowest BCUT2D eigenvalue weighted by molar-refractivity contribution is 0.102. The number of amides is 1. The molecule has 2 rings (SSSR count). The van der Waals surface area contributed by atoms with E-state index in [1.807, 2.05) is 0 Å². The van der Waals surface area contributed by atoms with Crippen LogP contribution in [0.1, 0.15) is 15.9 Å². The first-order valence-corrected chi connectivity index (χ1v) is 6.58. The average Bonchev–Trinajstić information content (AvgIpc) is 2.53. The fourth-order valence-corrected chi connectivity index (χ4v) is 1.81. The molecule has 2 N–H and O–H groups in total. The van der Waals surface area contributed by atoms with Gasteiger partial charge in [0.1, 0.15) is 12.4 Å². The highest BCUT2D eigenvalue weighted by molar-refractivity contribution is 6.04. The number of benzene rings is 2. The maximum atomic E-state index is 12.1. The van der Waals surface area contributed by atoms with Crippen LogP contribution in [0, 0.1) is 0 Å². The van der Waals surface area contributed by atoms with E-state index < -0.39 is 0 Å². The topological polar surface area (TPSA) is 58.6 Å². The molecule has 21 heavy (non-hydrogen) atoms. The normalized spacial score (nSPS) is 9.95. The van der Waals surface area contributed by atoms with Crippen LogP contribution < -0.4 is 10.1 Å². The number of carbonyl (C=O) groups excluding carboxylic acids is 1. The third-order valence-electron chi connectivity index (χ3n) is 2.85. The summed E-state index contributed by atoms with van der Waals surface area (Å²) in [6.45, 7) is 3.95. The maximum Gasteiger partial charge on any atom is 0.255 e. The molecule has 0 saturated carbocycles. The van der Waals surface area contributed by atoms with Crippen molar-refractivity contribution in [3.8, 4) is 5.75 Å². The molecule has 0 fully saturated rings. The Kier molecular flexibility index (Phi) is 5.12. The predicted octanol–water partition coefficient (Wildman–Crippen LogP) is 3.00. The monoisotopic (exact) mass is 283 g/mol. The lowest BCUT2D eigenvalue weighted by Gasteiger charge is -2.08. The number of anilines is 1. The van der Waals surface area contributed by atoms with Gasteiger partial charge >= 0.3 is 0 Å². The molecular weight excluding hydrogens is 266 g/mol. The molecule has 1 amide bonds. The van der Waals surface area contributed by atoms with Gasteiger partial charge in [0, 0.05) is 11.3 Å².